The summed E-state index contributed by atoms with van der Waals surface area (Å²) in [5.74, 6) is -0.432. The number of hydrogen-bond acceptors (Lipinski definition) is 6. The fourth-order valence-electron chi connectivity index (χ4n) is 5.01. The molecule has 1 N–H and O–H groups in total. The van der Waals surface area contributed by atoms with Crippen molar-refractivity contribution in [3.8, 4) is 5.75 Å². The molecule has 3 aromatic carbocycles. The Morgan fingerprint density at radius 2 is 1.41 bits per heavy atom. The Morgan fingerprint density at radius 3 is 1.93 bits per heavy atom. The maximum Gasteiger partial charge on any atom is 0.534 e. The second-order valence-corrected chi connectivity index (χ2v) is 11.8. The number of aliphatic hydroxyl groups is 1. The number of allylic oxidation sites excluding steroid dienone is 1. The molecule has 1 aliphatic heterocycles. The van der Waals surface area contributed by atoms with Gasteiger partial charge in [-0.15, -0.1) is 0 Å². The first-order valence-corrected chi connectivity index (χ1v) is 15.0. The van der Waals surface area contributed by atoms with E-state index in [1.807, 2.05) is 42.5 Å². The summed E-state index contributed by atoms with van der Waals surface area (Å²) in [4.78, 5) is 4.80. The average Bonchev–Trinajstić information content (AvgIpc) is 2.96. The zero-order valence-corrected chi connectivity index (χ0v) is 24.0. The molecule has 41 heavy (non-hydrogen) atoms. The second kappa shape index (κ2) is 13.1. The van der Waals surface area contributed by atoms with E-state index in [0.717, 1.165) is 54.1 Å². The molecule has 1 saturated heterocycles. The topological polar surface area (TPSA) is 70.1 Å². The van der Waals surface area contributed by atoms with E-state index in [9.17, 15) is 26.7 Å². The monoisotopic (exact) mass is 588 g/mol. The molecule has 0 aliphatic carbocycles. The van der Waals surface area contributed by atoms with Gasteiger partial charge in [0.15, 0.2) is 0 Å². The lowest BCUT2D eigenvalue weighted by Crippen LogP contribution is -2.48. The lowest BCUT2D eigenvalue weighted by Gasteiger charge is -2.38. The van der Waals surface area contributed by atoms with Crippen molar-refractivity contribution in [3.63, 3.8) is 0 Å². The van der Waals surface area contributed by atoms with Gasteiger partial charge in [-0.1, -0.05) is 54.6 Å². The highest BCUT2D eigenvalue weighted by atomic mass is 32.2. The number of halogens is 3. The molecule has 0 amide bonds. The van der Waals surface area contributed by atoms with Crippen LogP contribution in [0.3, 0.4) is 0 Å². The van der Waals surface area contributed by atoms with Crippen LogP contribution in [0.2, 0.25) is 0 Å². The van der Waals surface area contributed by atoms with Gasteiger partial charge in [0, 0.05) is 44.5 Å². The van der Waals surface area contributed by atoms with Gasteiger partial charge in [-0.2, -0.15) is 21.6 Å². The Bertz CT molecular complexity index is 1410. The molecule has 0 atom stereocenters. The smallest absolute Gasteiger partial charge is 0.396 e. The van der Waals surface area contributed by atoms with Crippen molar-refractivity contribution in [1.29, 1.82) is 0 Å². The zero-order valence-electron chi connectivity index (χ0n) is 23.1. The lowest BCUT2D eigenvalue weighted by molar-refractivity contribution is -0.0500. The zero-order chi connectivity index (χ0) is 29.6. The first-order chi connectivity index (χ1) is 19.5. The van der Waals surface area contributed by atoms with Crippen molar-refractivity contribution in [2.75, 3.05) is 37.7 Å². The summed E-state index contributed by atoms with van der Waals surface area (Å²) in [6, 6.07) is 24.0. The molecule has 6 nitrogen and oxygen atoms in total. The van der Waals surface area contributed by atoms with Gasteiger partial charge in [0.1, 0.15) is 5.75 Å². The van der Waals surface area contributed by atoms with Crippen LogP contribution in [-0.4, -0.2) is 62.8 Å². The third-order valence-electron chi connectivity index (χ3n) is 7.21. The third-order valence-corrected chi connectivity index (χ3v) is 8.19. The van der Waals surface area contributed by atoms with E-state index >= 15 is 0 Å². The highest BCUT2D eigenvalue weighted by molar-refractivity contribution is 7.88. The first-order valence-electron chi connectivity index (χ1n) is 13.6. The van der Waals surface area contributed by atoms with E-state index in [2.05, 4.69) is 40.0 Å². The highest BCUT2D eigenvalue weighted by Crippen LogP contribution is 2.37. The Morgan fingerprint density at radius 1 is 0.854 bits per heavy atom. The molecule has 0 saturated carbocycles. The SMILES string of the molecule is CC(C)N1CCN(c2ccc(/C(=C(/CCCO)c3ccccc3)c3ccc(OS(=O)(=O)C(F)(F)F)cc3)cc2)CC1. The summed E-state index contributed by atoms with van der Waals surface area (Å²) in [7, 11) is -5.78. The van der Waals surface area contributed by atoms with Crippen molar-refractivity contribution in [2.45, 2.75) is 38.2 Å². The average molecular weight is 589 g/mol. The standard InChI is InChI=1S/C31H35F3N2O4S/c1-23(2)35-18-20-36(21-19-35)27-14-10-25(11-15-27)30(29(9-6-22-37)24-7-4-3-5-8-24)26-12-16-28(17-13-26)40-41(38,39)31(32,33)34/h3-5,7-8,10-17,23,37H,6,9,18-22H2,1-2H3/b30-29+. The van der Waals surface area contributed by atoms with E-state index in [1.165, 1.54) is 12.1 Å². The summed E-state index contributed by atoms with van der Waals surface area (Å²) in [5, 5.41) is 9.63. The summed E-state index contributed by atoms with van der Waals surface area (Å²) >= 11 is 0. The van der Waals surface area contributed by atoms with Gasteiger partial charge in [-0.25, -0.2) is 0 Å². The number of piperazine rings is 1. The minimum absolute atomic E-state index is 0.00696. The van der Waals surface area contributed by atoms with Crippen LogP contribution in [0.15, 0.2) is 78.9 Å². The summed E-state index contributed by atoms with van der Waals surface area (Å²) < 4.78 is 65.8. The molecule has 1 heterocycles. The van der Waals surface area contributed by atoms with Gasteiger partial charge < -0.3 is 14.2 Å². The third kappa shape index (κ3) is 7.49. The van der Waals surface area contributed by atoms with Crippen LogP contribution in [0.4, 0.5) is 18.9 Å². The molecule has 1 aliphatic rings. The Balaban J connectivity index is 1.73. The van der Waals surface area contributed by atoms with Crippen LogP contribution in [0.25, 0.3) is 11.1 Å². The number of rotatable bonds is 10. The number of benzene rings is 3. The van der Waals surface area contributed by atoms with Gasteiger partial charge in [0.25, 0.3) is 0 Å². The Labute approximate surface area is 239 Å². The normalized spacial score (nSPS) is 15.6. The minimum atomic E-state index is -5.78. The van der Waals surface area contributed by atoms with Crippen molar-refractivity contribution in [1.82, 2.24) is 4.90 Å². The summed E-state index contributed by atoms with van der Waals surface area (Å²) in [5.41, 5.74) is -0.107. The van der Waals surface area contributed by atoms with E-state index in [4.69, 9.17) is 0 Å². The van der Waals surface area contributed by atoms with E-state index in [1.54, 1.807) is 12.1 Å². The Kier molecular flexibility index (Phi) is 9.78. The molecule has 0 radical (unpaired) electrons. The molecule has 4 rings (SSSR count). The van der Waals surface area contributed by atoms with Crippen LogP contribution in [0.5, 0.6) is 5.75 Å². The van der Waals surface area contributed by atoms with Crippen LogP contribution in [0.1, 0.15) is 43.4 Å². The molecule has 220 valence electrons. The maximum absolute atomic E-state index is 12.8. The number of alkyl halides is 3. The fraction of sp³-hybridized carbons (Fsp3) is 0.355. The lowest BCUT2D eigenvalue weighted by atomic mass is 9.87. The van der Waals surface area contributed by atoms with Gasteiger partial charge in [-0.3, -0.25) is 4.90 Å². The molecular weight excluding hydrogens is 553 g/mol. The van der Waals surface area contributed by atoms with Crippen molar-refractivity contribution >= 4 is 27.0 Å². The second-order valence-electron chi connectivity index (χ2n) is 10.2. The molecule has 0 unspecified atom stereocenters. The van der Waals surface area contributed by atoms with Gasteiger partial charge >= 0.3 is 15.6 Å². The number of hydrogen-bond donors (Lipinski definition) is 1. The molecular formula is C31H35F3N2O4S. The van der Waals surface area contributed by atoms with Crippen LogP contribution < -0.4 is 9.08 Å². The Hall–Kier alpha value is -3.34. The summed E-state index contributed by atoms with van der Waals surface area (Å²) in [6.45, 7) is 8.22. The van der Waals surface area contributed by atoms with E-state index in [0.29, 0.717) is 24.4 Å². The number of anilines is 1. The van der Waals surface area contributed by atoms with Crippen molar-refractivity contribution in [2.24, 2.45) is 0 Å². The predicted octanol–water partition coefficient (Wildman–Crippen LogP) is 6.18. The molecule has 10 heteroatoms. The van der Waals surface area contributed by atoms with Gasteiger partial charge in [0.05, 0.1) is 0 Å². The number of nitrogens with zero attached hydrogens (tertiary/aromatic N) is 2. The predicted molar refractivity (Wildman–Crippen MR) is 156 cm³/mol. The van der Waals surface area contributed by atoms with Gasteiger partial charge in [0.2, 0.25) is 0 Å². The molecule has 1 fully saturated rings. The first kappa shape index (κ1) is 30.6. The van der Waals surface area contributed by atoms with Crippen LogP contribution >= 0.6 is 0 Å². The molecule has 3 aromatic rings. The van der Waals surface area contributed by atoms with Gasteiger partial charge in [-0.05, 0) is 78.8 Å². The van der Waals surface area contributed by atoms with Crippen molar-refractivity contribution in [3.05, 3.63) is 95.6 Å². The molecule has 0 spiro atoms. The van der Waals surface area contributed by atoms with E-state index < -0.39 is 21.4 Å². The largest absolute Gasteiger partial charge is 0.534 e. The molecule has 0 aromatic heterocycles. The number of aliphatic hydroxyl groups excluding tert-OH is 1. The van der Waals surface area contributed by atoms with Crippen LogP contribution in [-0.2, 0) is 10.1 Å². The van der Waals surface area contributed by atoms with E-state index in [-0.39, 0.29) is 6.61 Å². The maximum atomic E-state index is 12.8. The minimum Gasteiger partial charge on any atom is -0.396 e. The molecule has 0 bridgehead atoms. The quantitative estimate of drug-likeness (QED) is 0.173. The summed E-state index contributed by atoms with van der Waals surface area (Å²) in [6.07, 6.45) is 1.06. The fourth-order valence-corrected chi connectivity index (χ4v) is 5.47. The highest BCUT2D eigenvalue weighted by Gasteiger charge is 2.48. The van der Waals surface area contributed by atoms with Crippen molar-refractivity contribution < 1.29 is 30.9 Å². The van der Waals surface area contributed by atoms with Crippen LogP contribution in [0, 0.1) is 0 Å².